The normalized spacial score (nSPS) is 42.3. The number of fused-ring (bicyclic) bond motifs is 5. The van der Waals surface area contributed by atoms with E-state index in [0.29, 0.717) is 5.41 Å². The van der Waals surface area contributed by atoms with Gasteiger partial charge in [0.05, 0.1) is 18.4 Å². The first-order valence-corrected chi connectivity index (χ1v) is 9.80. The fraction of sp³-hybridized carbons (Fsp3) is 0.682. The molecule has 0 aromatic heterocycles. The van der Waals surface area contributed by atoms with Crippen molar-refractivity contribution in [3.63, 3.8) is 0 Å². The van der Waals surface area contributed by atoms with Gasteiger partial charge in [-0.3, -0.25) is 0 Å². The second-order valence-corrected chi connectivity index (χ2v) is 8.36. The van der Waals surface area contributed by atoms with Crippen molar-refractivity contribution in [1.82, 2.24) is 0 Å². The predicted molar refractivity (Wildman–Crippen MR) is 95.9 cm³/mol. The molecule has 0 radical (unpaired) electrons. The lowest BCUT2D eigenvalue weighted by Gasteiger charge is -2.52. The van der Waals surface area contributed by atoms with E-state index in [-0.39, 0.29) is 0 Å². The predicted octanol–water partition coefficient (Wildman–Crippen LogP) is 5.54. The molecule has 24 heavy (non-hydrogen) atoms. The lowest BCUT2D eigenvalue weighted by Crippen LogP contribution is -2.43. The van der Waals surface area contributed by atoms with Gasteiger partial charge < -0.3 is 4.74 Å². The summed E-state index contributed by atoms with van der Waals surface area (Å²) in [7, 11) is 0. The van der Waals surface area contributed by atoms with Crippen LogP contribution in [0.25, 0.3) is 0 Å². The van der Waals surface area contributed by atoms with Crippen molar-refractivity contribution < 1.29 is 4.74 Å². The van der Waals surface area contributed by atoms with Gasteiger partial charge in [-0.1, -0.05) is 18.6 Å². The van der Waals surface area contributed by atoms with Crippen LogP contribution >= 0.6 is 0 Å². The summed E-state index contributed by atoms with van der Waals surface area (Å²) in [5, 5.41) is 9.13. The molecule has 0 aromatic rings. The second-order valence-electron chi connectivity index (χ2n) is 8.36. The van der Waals surface area contributed by atoms with Crippen molar-refractivity contribution in [2.45, 2.75) is 58.8 Å². The summed E-state index contributed by atoms with van der Waals surface area (Å²) in [5.74, 6) is 4.40. The third-order valence-electron chi connectivity index (χ3n) is 7.51. The zero-order chi connectivity index (χ0) is 16.7. The number of rotatable bonds is 2. The number of hydrogen-bond acceptors (Lipinski definition) is 2. The van der Waals surface area contributed by atoms with Crippen molar-refractivity contribution in [2.75, 3.05) is 6.61 Å². The number of nitriles is 1. The smallest absolute Gasteiger partial charge is 0.0962 e. The van der Waals surface area contributed by atoms with E-state index in [1.807, 2.05) is 6.08 Å². The van der Waals surface area contributed by atoms with Gasteiger partial charge in [-0.05, 0) is 86.2 Å². The summed E-state index contributed by atoms with van der Waals surface area (Å²) in [5.41, 5.74) is 3.29. The number of allylic oxidation sites excluding steroid dienone is 6. The Hall–Kier alpha value is -1.49. The molecular weight excluding hydrogens is 294 g/mol. The Kier molecular flexibility index (Phi) is 4.07. The Morgan fingerprint density at radius 3 is 2.96 bits per heavy atom. The van der Waals surface area contributed by atoms with Gasteiger partial charge in [0.1, 0.15) is 0 Å². The van der Waals surface area contributed by atoms with Gasteiger partial charge in [0.2, 0.25) is 0 Å². The molecule has 0 heterocycles. The van der Waals surface area contributed by atoms with E-state index < -0.39 is 0 Å². The quantitative estimate of drug-likeness (QED) is 0.625. The van der Waals surface area contributed by atoms with Gasteiger partial charge in [-0.25, -0.2) is 0 Å². The maximum Gasteiger partial charge on any atom is 0.0962 e. The third-order valence-corrected chi connectivity index (χ3v) is 7.51. The maximum absolute atomic E-state index is 9.13. The van der Waals surface area contributed by atoms with E-state index >= 15 is 0 Å². The first-order chi connectivity index (χ1) is 11.7. The molecule has 128 valence electrons. The zero-order valence-corrected chi connectivity index (χ0v) is 15.1. The Labute approximate surface area is 146 Å². The van der Waals surface area contributed by atoms with Gasteiger partial charge in [0.25, 0.3) is 0 Å². The van der Waals surface area contributed by atoms with Crippen LogP contribution in [0.1, 0.15) is 58.8 Å². The summed E-state index contributed by atoms with van der Waals surface area (Å²) in [6.07, 6.45) is 15.4. The standard InChI is InChI=1S/C22H29NO/c1-3-24-17-6-8-18-15(14-17)4-7-20-19(18)10-12-22(2)16(11-13-23)5-9-21(20)22/h4,11,14,18-21H,3,5-10,12H2,1-2H3/b16-11+/t18-,19+,20+,21-,22+/m0/s1. The monoisotopic (exact) mass is 323 g/mol. The Balaban J connectivity index is 1.60. The van der Waals surface area contributed by atoms with E-state index in [4.69, 9.17) is 10.00 Å². The molecule has 0 unspecified atom stereocenters. The first kappa shape index (κ1) is 16.0. The first-order valence-electron chi connectivity index (χ1n) is 9.80. The molecule has 0 amide bonds. The minimum absolute atomic E-state index is 0.295. The highest BCUT2D eigenvalue weighted by Gasteiger charge is 2.53. The molecule has 0 saturated heterocycles. The van der Waals surface area contributed by atoms with E-state index in [1.165, 1.54) is 43.4 Å². The topological polar surface area (TPSA) is 33.0 Å². The highest BCUT2D eigenvalue weighted by atomic mass is 16.5. The van der Waals surface area contributed by atoms with Crippen molar-refractivity contribution >= 4 is 0 Å². The molecule has 2 fully saturated rings. The Morgan fingerprint density at radius 1 is 1.29 bits per heavy atom. The summed E-state index contributed by atoms with van der Waals surface area (Å²) in [6.45, 7) is 5.30. The number of nitrogens with zero attached hydrogens (tertiary/aromatic N) is 1. The molecule has 2 nitrogen and oxygen atoms in total. The molecule has 0 N–H and O–H groups in total. The van der Waals surface area contributed by atoms with Gasteiger partial charge in [-0.15, -0.1) is 0 Å². The molecule has 0 bridgehead atoms. The fourth-order valence-corrected chi connectivity index (χ4v) is 6.39. The fourth-order valence-electron chi connectivity index (χ4n) is 6.39. The highest BCUT2D eigenvalue weighted by Crippen LogP contribution is 2.62. The third kappa shape index (κ3) is 2.36. The molecule has 4 aliphatic rings. The lowest BCUT2D eigenvalue weighted by atomic mass is 9.53. The van der Waals surface area contributed by atoms with Crippen molar-refractivity contribution in [2.24, 2.45) is 29.1 Å². The summed E-state index contributed by atoms with van der Waals surface area (Å²) in [4.78, 5) is 0. The van der Waals surface area contributed by atoms with Gasteiger partial charge >= 0.3 is 0 Å². The van der Waals surface area contributed by atoms with Crippen LogP contribution in [0, 0.1) is 40.4 Å². The van der Waals surface area contributed by atoms with Crippen molar-refractivity contribution in [1.29, 1.82) is 5.26 Å². The molecule has 0 spiro atoms. The second kappa shape index (κ2) is 6.10. The van der Waals surface area contributed by atoms with E-state index in [0.717, 1.165) is 43.1 Å². The minimum atomic E-state index is 0.295. The van der Waals surface area contributed by atoms with Crippen molar-refractivity contribution in [3.8, 4) is 6.07 Å². The average molecular weight is 323 g/mol. The SMILES string of the molecule is CCOC1=CC2=CC[C@@H]3[C@H](CC[C@]4(C)/C(=C/C#N)CC[C@@H]34)[C@H]2CC1. The van der Waals surface area contributed by atoms with Crippen LogP contribution < -0.4 is 0 Å². The minimum Gasteiger partial charge on any atom is -0.498 e. The van der Waals surface area contributed by atoms with E-state index in [1.54, 1.807) is 5.57 Å². The lowest BCUT2D eigenvalue weighted by molar-refractivity contribution is 0.0282. The number of ether oxygens (including phenoxy) is 1. The summed E-state index contributed by atoms with van der Waals surface area (Å²) >= 11 is 0. The van der Waals surface area contributed by atoms with Crippen LogP contribution in [-0.4, -0.2) is 6.61 Å². The van der Waals surface area contributed by atoms with Crippen LogP contribution in [0.3, 0.4) is 0 Å². The van der Waals surface area contributed by atoms with Crippen LogP contribution in [-0.2, 0) is 4.74 Å². The molecule has 0 aliphatic heterocycles. The van der Waals surface area contributed by atoms with E-state index in [9.17, 15) is 0 Å². The van der Waals surface area contributed by atoms with Crippen LogP contribution in [0.2, 0.25) is 0 Å². The Morgan fingerprint density at radius 2 is 2.17 bits per heavy atom. The van der Waals surface area contributed by atoms with Crippen LogP contribution in [0.5, 0.6) is 0 Å². The molecule has 2 heteroatoms. The van der Waals surface area contributed by atoms with E-state index in [2.05, 4.69) is 32.1 Å². The van der Waals surface area contributed by atoms with Gasteiger partial charge in [-0.2, -0.15) is 5.26 Å². The van der Waals surface area contributed by atoms with Crippen LogP contribution in [0.4, 0.5) is 0 Å². The van der Waals surface area contributed by atoms with Gasteiger partial charge in [0.15, 0.2) is 0 Å². The highest BCUT2D eigenvalue weighted by molar-refractivity contribution is 5.33. The molecule has 4 rings (SSSR count). The molecular formula is C22H29NO. The zero-order valence-electron chi connectivity index (χ0n) is 15.1. The Bertz CT molecular complexity index is 649. The molecule has 0 aromatic carbocycles. The molecule has 5 atom stereocenters. The summed E-state index contributed by atoms with van der Waals surface area (Å²) < 4.78 is 5.78. The maximum atomic E-state index is 9.13. The van der Waals surface area contributed by atoms with Crippen molar-refractivity contribution in [3.05, 3.63) is 35.1 Å². The largest absolute Gasteiger partial charge is 0.498 e. The average Bonchev–Trinajstić information content (AvgIpc) is 2.92. The van der Waals surface area contributed by atoms with Crippen LogP contribution in [0.15, 0.2) is 35.1 Å². The molecule has 2 saturated carbocycles. The molecule has 4 aliphatic carbocycles. The van der Waals surface area contributed by atoms with Gasteiger partial charge in [0, 0.05) is 12.5 Å². The number of hydrogen-bond donors (Lipinski definition) is 0. The summed E-state index contributed by atoms with van der Waals surface area (Å²) in [6, 6.07) is 2.31.